The average Bonchev–Trinajstić information content (AvgIpc) is 3.19. The van der Waals surface area contributed by atoms with Gasteiger partial charge in [-0.25, -0.2) is 17.2 Å². The Kier molecular flexibility index (Phi) is 6.01. The van der Waals surface area contributed by atoms with Gasteiger partial charge in [-0.1, -0.05) is 36.4 Å². The van der Waals surface area contributed by atoms with Crippen LogP contribution in [-0.2, 0) is 21.3 Å². The number of piperazine rings is 1. The number of ether oxygens (including phenoxy) is 1. The second-order valence-corrected chi connectivity index (χ2v) is 11.0. The Balaban J connectivity index is 1.38. The van der Waals surface area contributed by atoms with Crippen molar-refractivity contribution >= 4 is 26.9 Å². The second kappa shape index (κ2) is 8.60. The van der Waals surface area contributed by atoms with E-state index in [4.69, 9.17) is 4.74 Å². The van der Waals surface area contributed by atoms with Crippen molar-refractivity contribution in [3.63, 3.8) is 0 Å². The van der Waals surface area contributed by atoms with E-state index in [0.717, 1.165) is 29.4 Å². The zero-order valence-electron chi connectivity index (χ0n) is 18.7. The van der Waals surface area contributed by atoms with Gasteiger partial charge >= 0.3 is 6.09 Å². The Morgan fingerprint density at radius 3 is 2.00 bits per heavy atom. The van der Waals surface area contributed by atoms with Gasteiger partial charge in [0.1, 0.15) is 5.60 Å². The van der Waals surface area contributed by atoms with Crippen LogP contribution < -0.4 is 0 Å². The van der Waals surface area contributed by atoms with Crippen molar-refractivity contribution in [3.8, 4) is 0 Å². The molecule has 0 spiro atoms. The Morgan fingerprint density at radius 2 is 1.47 bits per heavy atom. The molecule has 7 nitrogen and oxygen atoms in total. The Labute approximate surface area is 189 Å². The molecule has 4 rings (SSSR count). The first-order valence-electron chi connectivity index (χ1n) is 10.7. The van der Waals surface area contributed by atoms with Crippen LogP contribution in [0.4, 0.5) is 4.79 Å². The predicted octanol–water partition coefficient (Wildman–Crippen LogP) is 3.93. The predicted molar refractivity (Wildman–Crippen MR) is 124 cm³/mol. The number of hydrogen-bond acceptors (Lipinski definition) is 5. The third-order valence-electron chi connectivity index (χ3n) is 5.46. The first-order chi connectivity index (χ1) is 15.1. The van der Waals surface area contributed by atoms with Crippen molar-refractivity contribution in [1.82, 2.24) is 13.8 Å². The van der Waals surface area contributed by atoms with Crippen LogP contribution in [0.2, 0.25) is 0 Å². The lowest BCUT2D eigenvalue weighted by Gasteiger charge is -2.35. The molecule has 0 radical (unpaired) electrons. The van der Waals surface area contributed by atoms with Gasteiger partial charge in [0.2, 0.25) is 0 Å². The largest absolute Gasteiger partial charge is 0.444 e. The van der Waals surface area contributed by atoms with Crippen LogP contribution in [-0.4, -0.2) is 60.1 Å². The maximum atomic E-state index is 13.0. The van der Waals surface area contributed by atoms with E-state index in [1.807, 2.05) is 57.2 Å². The van der Waals surface area contributed by atoms with Crippen molar-refractivity contribution in [2.45, 2.75) is 37.8 Å². The first kappa shape index (κ1) is 22.4. The second-order valence-electron chi connectivity index (χ2n) is 9.11. The highest BCUT2D eigenvalue weighted by Gasteiger charge is 2.26. The van der Waals surface area contributed by atoms with Crippen molar-refractivity contribution in [1.29, 1.82) is 0 Å². The molecule has 0 saturated carbocycles. The summed E-state index contributed by atoms with van der Waals surface area (Å²) in [5, 5.41) is 1.77. The Bertz CT molecular complexity index is 1170. The number of aromatic nitrogens is 1. The summed E-state index contributed by atoms with van der Waals surface area (Å²) in [6, 6.07) is 14.6. The summed E-state index contributed by atoms with van der Waals surface area (Å²) in [5.41, 5.74) is 0.538. The third kappa shape index (κ3) is 4.97. The van der Waals surface area contributed by atoms with E-state index in [2.05, 4.69) is 4.90 Å². The number of benzene rings is 2. The standard InChI is InChI=1S/C24H29N3O4S/c1-24(2,3)31-23(28)26-14-12-25(13-15-26)16-19-8-10-22(11-9-19)32(29,30)27-17-20-6-4-5-7-21(20)18-27/h4-11,17-18H,12-16H2,1-3H3. The zero-order valence-corrected chi connectivity index (χ0v) is 19.5. The van der Waals surface area contributed by atoms with Gasteiger partial charge in [0.25, 0.3) is 10.0 Å². The highest BCUT2D eigenvalue weighted by atomic mass is 32.2. The zero-order chi connectivity index (χ0) is 22.9. The number of amides is 1. The van der Waals surface area contributed by atoms with Gasteiger partial charge in [0, 0.05) is 55.9 Å². The average molecular weight is 456 g/mol. The van der Waals surface area contributed by atoms with Crippen LogP contribution in [0.1, 0.15) is 26.3 Å². The number of nitrogens with zero attached hydrogens (tertiary/aromatic N) is 3. The molecule has 3 aromatic rings. The molecule has 8 heteroatoms. The lowest BCUT2D eigenvalue weighted by atomic mass is 10.2. The van der Waals surface area contributed by atoms with Crippen LogP contribution in [0.15, 0.2) is 65.8 Å². The molecule has 0 N–H and O–H groups in total. The van der Waals surface area contributed by atoms with Gasteiger partial charge in [0.15, 0.2) is 0 Å². The van der Waals surface area contributed by atoms with Gasteiger partial charge in [-0.3, -0.25) is 4.90 Å². The van der Waals surface area contributed by atoms with Gasteiger partial charge in [-0.2, -0.15) is 0 Å². The fourth-order valence-corrected chi connectivity index (χ4v) is 4.99. The maximum Gasteiger partial charge on any atom is 0.410 e. The van der Waals surface area contributed by atoms with Crippen molar-refractivity contribution < 1.29 is 17.9 Å². The van der Waals surface area contributed by atoms with Crippen LogP contribution in [0.5, 0.6) is 0 Å². The molecule has 0 bridgehead atoms. The molecule has 0 unspecified atom stereocenters. The SMILES string of the molecule is CC(C)(C)OC(=O)N1CCN(Cc2ccc(S(=O)(=O)n3cc4ccccc4c3)cc2)CC1. The van der Waals surface area contributed by atoms with Crippen LogP contribution in [0.25, 0.3) is 10.8 Å². The molecule has 0 atom stereocenters. The smallest absolute Gasteiger partial charge is 0.410 e. The summed E-state index contributed by atoms with van der Waals surface area (Å²) in [4.78, 5) is 16.5. The van der Waals surface area contributed by atoms with Crippen molar-refractivity contribution in [2.75, 3.05) is 26.2 Å². The summed E-state index contributed by atoms with van der Waals surface area (Å²) in [7, 11) is -3.64. The van der Waals surface area contributed by atoms with Gasteiger partial charge in [0.05, 0.1) is 4.90 Å². The van der Waals surface area contributed by atoms with E-state index in [-0.39, 0.29) is 11.0 Å². The summed E-state index contributed by atoms with van der Waals surface area (Å²) in [6.07, 6.45) is 3.01. The lowest BCUT2D eigenvalue weighted by Crippen LogP contribution is -2.49. The van der Waals surface area contributed by atoms with E-state index >= 15 is 0 Å². The van der Waals surface area contributed by atoms with Gasteiger partial charge in [-0.05, 0) is 38.5 Å². The molecule has 2 heterocycles. The Hall–Kier alpha value is -2.84. The molecule has 170 valence electrons. The molecule has 1 saturated heterocycles. The third-order valence-corrected chi connectivity index (χ3v) is 7.09. The fourth-order valence-electron chi connectivity index (χ4n) is 3.76. The Morgan fingerprint density at radius 1 is 0.906 bits per heavy atom. The number of fused-ring (bicyclic) bond motifs is 1. The van der Waals surface area contributed by atoms with Gasteiger partial charge < -0.3 is 9.64 Å². The minimum atomic E-state index is -3.64. The molecule has 1 amide bonds. The highest BCUT2D eigenvalue weighted by Crippen LogP contribution is 2.21. The molecule has 1 aromatic heterocycles. The minimum absolute atomic E-state index is 0.260. The van der Waals surface area contributed by atoms with E-state index in [1.165, 1.54) is 3.97 Å². The van der Waals surface area contributed by atoms with E-state index in [0.29, 0.717) is 19.6 Å². The molecule has 32 heavy (non-hydrogen) atoms. The monoisotopic (exact) mass is 455 g/mol. The molecule has 1 fully saturated rings. The van der Waals surface area contributed by atoms with Crippen molar-refractivity contribution in [3.05, 3.63) is 66.5 Å². The molecular weight excluding hydrogens is 426 g/mol. The van der Waals surface area contributed by atoms with E-state index < -0.39 is 15.6 Å². The van der Waals surface area contributed by atoms with Crippen molar-refractivity contribution in [2.24, 2.45) is 0 Å². The summed E-state index contributed by atoms with van der Waals surface area (Å²) < 4.78 is 32.7. The lowest BCUT2D eigenvalue weighted by molar-refractivity contribution is 0.0139. The first-order valence-corrected chi connectivity index (χ1v) is 12.2. The summed E-state index contributed by atoms with van der Waals surface area (Å²) in [5.74, 6) is 0. The molecular formula is C24H29N3O4S. The van der Waals surface area contributed by atoms with Crippen LogP contribution >= 0.6 is 0 Å². The van der Waals surface area contributed by atoms with Crippen LogP contribution in [0.3, 0.4) is 0 Å². The molecule has 0 aliphatic carbocycles. The maximum absolute atomic E-state index is 13.0. The summed E-state index contributed by atoms with van der Waals surface area (Å²) >= 11 is 0. The van der Waals surface area contributed by atoms with E-state index in [9.17, 15) is 13.2 Å². The number of carbonyl (C=O) groups is 1. The highest BCUT2D eigenvalue weighted by molar-refractivity contribution is 7.90. The van der Waals surface area contributed by atoms with E-state index in [1.54, 1.807) is 29.4 Å². The topological polar surface area (TPSA) is 71.8 Å². The molecule has 2 aromatic carbocycles. The minimum Gasteiger partial charge on any atom is -0.444 e. The molecule has 1 aliphatic heterocycles. The number of carbonyl (C=O) groups excluding carboxylic acids is 1. The molecule has 1 aliphatic rings. The fraction of sp³-hybridized carbons (Fsp3) is 0.375. The summed E-state index contributed by atoms with van der Waals surface area (Å²) in [6.45, 7) is 9.02. The quantitative estimate of drug-likeness (QED) is 0.596. The van der Waals surface area contributed by atoms with Crippen LogP contribution in [0, 0.1) is 0 Å². The number of hydrogen-bond donors (Lipinski definition) is 0. The normalized spacial score (nSPS) is 15.8. The van der Waals surface area contributed by atoms with Gasteiger partial charge in [-0.15, -0.1) is 0 Å². The number of rotatable bonds is 4.